The van der Waals surface area contributed by atoms with Crippen LogP contribution >= 0.6 is 11.6 Å². The molecule has 0 spiro atoms. The Morgan fingerprint density at radius 1 is 1.30 bits per heavy atom. The van der Waals surface area contributed by atoms with Gasteiger partial charge in [0.2, 0.25) is 5.91 Å². The molecule has 0 aromatic heterocycles. The van der Waals surface area contributed by atoms with E-state index in [0.29, 0.717) is 41.0 Å². The molecule has 1 atom stereocenters. The maximum atomic E-state index is 12.2. The molecule has 1 amide bonds. The van der Waals surface area contributed by atoms with Crippen LogP contribution in [0, 0.1) is 5.92 Å². The first-order chi connectivity index (χ1) is 11.0. The molecule has 4 N–H and O–H groups in total. The second kappa shape index (κ2) is 6.45. The molecule has 1 aromatic rings. The smallest absolute Gasteiger partial charge is 0.225 e. The zero-order chi connectivity index (χ0) is 16.6. The average molecular weight is 340 g/mol. The molecule has 3 rings (SSSR count). The second-order valence-electron chi connectivity index (χ2n) is 6.24. The Kier molecular flexibility index (Phi) is 4.55. The molecule has 0 aliphatic carbocycles. The predicted molar refractivity (Wildman–Crippen MR) is 89.0 cm³/mol. The van der Waals surface area contributed by atoms with Crippen molar-refractivity contribution >= 4 is 23.2 Å². The number of ether oxygens (including phenoxy) is 2. The number of nitrogen functional groups attached to an aromatic ring is 1. The lowest BCUT2D eigenvalue weighted by Gasteiger charge is -2.34. The number of likely N-dealkylation sites (tertiary alicyclic amines) is 1. The van der Waals surface area contributed by atoms with Crippen molar-refractivity contribution in [3.63, 3.8) is 0 Å². The summed E-state index contributed by atoms with van der Waals surface area (Å²) in [7, 11) is 2.08. The van der Waals surface area contributed by atoms with E-state index in [-0.39, 0.29) is 11.8 Å². The molecule has 2 heterocycles. The van der Waals surface area contributed by atoms with E-state index in [4.69, 9.17) is 32.5 Å². The van der Waals surface area contributed by atoms with Gasteiger partial charge in [0.15, 0.2) is 11.5 Å². The fourth-order valence-electron chi connectivity index (χ4n) is 3.45. The van der Waals surface area contributed by atoms with Gasteiger partial charge in [0.1, 0.15) is 13.2 Å². The Hall–Kier alpha value is -1.66. The van der Waals surface area contributed by atoms with Gasteiger partial charge in [-0.25, -0.2) is 0 Å². The molecule has 1 unspecified atom stereocenters. The molecule has 1 saturated heterocycles. The van der Waals surface area contributed by atoms with Crippen molar-refractivity contribution in [3.8, 4) is 11.5 Å². The van der Waals surface area contributed by atoms with Crippen LogP contribution < -0.4 is 20.9 Å². The summed E-state index contributed by atoms with van der Waals surface area (Å²) < 4.78 is 11.4. The summed E-state index contributed by atoms with van der Waals surface area (Å²) in [6, 6.07) is 1.71. The van der Waals surface area contributed by atoms with Gasteiger partial charge in [-0.15, -0.1) is 0 Å². The van der Waals surface area contributed by atoms with Crippen LogP contribution in [0.4, 0.5) is 5.69 Å². The topological polar surface area (TPSA) is 90.8 Å². The third-order valence-corrected chi connectivity index (χ3v) is 5.02. The quantitative estimate of drug-likeness (QED) is 0.816. The Morgan fingerprint density at radius 2 is 1.91 bits per heavy atom. The number of benzene rings is 1. The van der Waals surface area contributed by atoms with Crippen LogP contribution in [-0.4, -0.2) is 44.2 Å². The van der Waals surface area contributed by atoms with Crippen molar-refractivity contribution in [2.75, 3.05) is 39.1 Å². The van der Waals surface area contributed by atoms with Gasteiger partial charge < -0.3 is 25.8 Å². The molecular formula is C16H22ClN3O3. The van der Waals surface area contributed by atoms with Gasteiger partial charge in [-0.1, -0.05) is 11.6 Å². The largest absolute Gasteiger partial charge is 0.486 e. The van der Waals surface area contributed by atoms with Gasteiger partial charge in [0.05, 0.1) is 16.6 Å². The van der Waals surface area contributed by atoms with E-state index < -0.39 is 5.92 Å². The Labute approximate surface area is 140 Å². The highest BCUT2D eigenvalue weighted by Gasteiger charge is 2.35. The molecule has 23 heavy (non-hydrogen) atoms. The van der Waals surface area contributed by atoms with Gasteiger partial charge >= 0.3 is 0 Å². The standard InChI is InChI=1S/C16H22ClN3O3/c1-20-4-2-9(3-5-20)12(16(19)21)10-8-11(17)13(18)15-14(10)22-6-7-23-15/h8-9,12H,2-7,18H2,1H3,(H2,19,21). The number of carbonyl (C=O) groups is 1. The van der Waals surface area contributed by atoms with Crippen LogP contribution in [0.25, 0.3) is 0 Å². The first-order valence-electron chi connectivity index (χ1n) is 7.84. The molecule has 2 aliphatic heterocycles. The molecule has 0 bridgehead atoms. The molecule has 6 nitrogen and oxygen atoms in total. The summed E-state index contributed by atoms with van der Waals surface area (Å²) in [6.07, 6.45) is 1.81. The third kappa shape index (κ3) is 3.05. The normalized spacial score (nSPS) is 20.3. The zero-order valence-corrected chi connectivity index (χ0v) is 13.9. The third-order valence-electron chi connectivity index (χ3n) is 4.70. The summed E-state index contributed by atoms with van der Waals surface area (Å²) in [5.41, 5.74) is 12.8. The molecular weight excluding hydrogens is 318 g/mol. The molecule has 0 radical (unpaired) electrons. The monoisotopic (exact) mass is 339 g/mol. The Balaban J connectivity index is 2.03. The van der Waals surface area contributed by atoms with Gasteiger partial charge in [0, 0.05) is 5.56 Å². The van der Waals surface area contributed by atoms with Crippen LogP contribution in [0.3, 0.4) is 0 Å². The number of fused-ring (bicyclic) bond motifs is 1. The van der Waals surface area contributed by atoms with Gasteiger partial charge in [-0.05, 0) is 45.0 Å². The van der Waals surface area contributed by atoms with Gasteiger partial charge in [-0.2, -0.15) is 0 Å². The number of rotatable bonds is 3. The summed E-state index contributed by atoms with van der Waals surface area (Å²) >= 11 is 6.24. The lowest BCUT2D eigenvalue weighted by molar-refractivity contribution is -0.121. The summed E-state index contributed by atoms with van der Waals surface area (Å²) in [4.78, 5) is 14.5. The van der Waals surface area contributed by atoms with E-state index in [1.807, 2.05) is 0 Å². The van der Waals surface area contributed by atoms with Crippen molar-refractivity contribution in [2.24, 2.45) is 11.7 Å². The van der Waals surface area contributed by atoms with E-state index >= 15 is 0 Å². The van der Waals surface area contributed by atoms with Crippen molar-refractivity contribution < 1.29 is 14.3 Å². The molecule has 2 aliphatic rings. The molecule has 126 valence electrons. The van der Waals surface area contributed by atoms with Crippen LogP contribution in [-0.2, 0) is 4.79 Å². The van der Waals surface area contributed by atoms with Gasteiger partial charge in [-0.3, -0.25) is 4.79 Å². The minimum atomic E-state index is -0.447. The lowest BCUT2D eigenvalue weighted by atomic mass is 9.79. The molecule has 7 heteroatoms. The molecule has 0 saturated carbocycles. The lowest BCUT2D eigenvalue weighted by Crippen LogP contribution is -2.37. The minimum absolute atomic E-state index is 0.165. The summed E-state index contributed by atoms with van der Waals surface area (Å²) in [5, 5.41) is 0.364. The molecule has 1 fully saturated rings. The highest BCUT2D eigenvalue weighted by atomic mass is 35.5. The van der Waals surface area contributed by atoms with Crippen LogP contribution in [0.2, 0.25) is 5.02 Å². The number of nitrogens with two attached hydrogens (primary N) is 2. The van der Waals surface area contributed by atoms with Crippen LogP contribution in [0.5, 0.6) is 11.5 Å². The fourth-order valence-corrected chi connectivity index (χ4v) is 3.66. The van der Waals surface area contributed by atoms with Crippen molar-refractivity contribution in [1.82, 2.24) is 4.90 Å². The Bertz CT molecular complexity index is 615. The van der Waals surface area contributed by atoms with E-state index in [2.05, 4.69) is 11.9 Å². The maximum absolute atomic E-state index is 12.2. The second-order valence-corrected chi connectivity index (χ2v) is 6.64. The number of hydrogen-bond acceptors (Lipinski definition) is 5. The van der Waals surface area contributed by atoms with E-state index in [1.54, 1.807) is 6.07 Å². The predicted octanol–water partition coefficient (Wildman–Crippen LogP) is 1.60. The van der Waals surface area contributed by atoms with E-state index in [0.717, 1.165) is 25.9 Å². The van der Waals surface area contributed by atoms with E-state index in [9.17, 15) is 4.79 Å². The average Bonchev–Trinajstić information content (AvgIpc) is 2.54. The SMILES string of the molecule is CN1CCC(C(C(N)=O)c2cc(Cl)c(N)c3c2OCCO3)CC1. The summed E-state index contributed by atoms with van der Waals surface area (Å²) in [6.45, 7) is 2.71. The fraction of sp³-hybridized carbons (Fsp3) is 0.562. The molecule has 1 aromatic carbocycles. The zero-order valence-electron chi connectivity index (χ0n) is 13.2. The van der Waals surface area contributed by atoms with Crippen molar-refractivity contribution in [1.29, 1.82) is 0 Å². The van der Waals surface area contributed by atoms with Gasteiger partial charge in [0.25, 0.3) is 0 Å². The summed E-state index contributed by atoms with van der Waals surface area (Å²) in [5.74, 6) is 0.297. The van der Waals surface area contributed by atoms with Crippen molar-refractivity contribution in [2.45, 2.75) is 18.8 Å². The number of halogens is 1. The number of primary amides is 1. The van der Waals surface area contributed by atoms with E-state index in [1.165, 1.54) is 0 Å². The maximum Gasteiger partial charge on any atom is 0.225 e. The number of anilines is 1. The number of hydrogen-bond donors (Lipinski definition) is 2. The first kappa shape index (κ1) is 16.2. The Morgan fingerprint density at radius 3 is 2.52 bits per heavy atom. The van der Waals surface area contributed by atoms with Crippen molar-refractivity contribution in [3.05, 3.63) is 16.7 Å². The highest BCUT2D eigenvalue weighted by molar-refractivity contribution is 6.33. The van der Waals surface area contributed by atoms with Crippen LogP contribution in [0.1, 0.15) is 24.3 Å². The number of amides is 1. The minimum Gasteiger partial charge on any atom is -0.486 e. The van der Waals surface area contributed by atoms with Crippen LogP contribution in [0.15, 0.2) is 6.07 Å². The number of carbonyl (C=O) groups excluding carboxylic acids is 1. The highest BCUT2D eigenvalue weighted by Crippen LogP contribution is 2.48. The number of nitrogens with zero attached hydrogens (tertiary/aromatic N) is 1. The first-order valence-corrected chi connectivity index (χ1v) is 8.22. The number of piperidine rings is 1.